The van der Waals surface area contributed by atoms with Gasteiger partial charge in [-0.1, -0.05) is 6.07 Å². The number of benzene rings is 1. The molecule has 1 aromatic carbocycles. The molecule has 1 unspecified atom stereocenters. The van der Waals surface area contributed by atoms with Crippen LogP contribution in [0.5, 0.6) is 11.5 Å². The third-order valence-electron chi connectivity index (χ3n) is 6.38. The Hall–Kier alpha value is -1.79. The molecule has 4 rings (SSSR count). The normalized spacial score (nSPS) is 23.5. The van der Waals surface area contributed by atoms with Crippen molar-refractivity contribution in [1.82, 2.24) is 10.2 Å². The highest BCUT2D eigenvalue weighted by Gasteiger charge is 2.42. The number of ether oxygens (including phenoxy) is 3. The number of likely N-dealkylation sites (tertiary alicyclic amines) is 1. The molecule has 0 aliphatic carbocycles. The number of carbonyl (C=O) groups is 1. The molecule has 1 N–H and O–H groups in total. The summed E-state index contributed by atoms with van der Waals surface area (Å²) in [4.78, 5) is 14.8. The van der Waals surface area contributed by atoms with Crippen LogP contribution in [0.1, 0.15) is 51.5 Å². The summed E-state index contributed by atoms with van der Waals surface area (Å²) in [6, 6.07) is 6.47. The van der Waals surface area contributed by atoms with Crippen molar-refractivity contribution in [3.63, 3.8) is 0 Å². The molecule has 1 amide bonds. The minimum atomic E-state index is 0.0489. The van der Waals surface area contributed by atoms with Crippen molar-refractivity contribution < 1.29 is 19.0 Å². The minimum absolute atomic E-state index is 0.0489. The van der Waals surface area contributed by atoms with Gasteiger partial charge in [-0.2, -0.15) is 0 Å². The van der Waals surface area contributed by atoms with Crippen LogP contribution in [0.4, 0.5) is 0 Å². The molecular formula is C22H32N2O4. The summed E-state index contributed by atoms with van der Waals surface area (Å²) >= 11 is 0. The van der Waals surface area contributed by atoms with Gasteiger partial charge in [0.05, 0.1) is 11.7 Å². The average Bonchev–Trinajstić information content (AvgIpc) is 3.32. The maximum atomic E-state index is 12.3. The first-order valence-electron chi connectivity index (χ1n) is 10.6. The second kappa shape index (κ2) is 8.29. The van der Waals surface area contributed by atoms with Gasteiger partial charge >= 0.3 is 0 Å². The van der Waals surface area contributed by atoms with Crippen molar-refractivity contribution in [3.8, 4) is 11.5 Å². The molecule has 28 heavy (non-hydrogen) atoms. The van der Waals surface area contributed by atoms with Gasteiger partial charge in [-0.25, -0.2) is 0 Å². The summed E-state index contributed by atoms with van der Waals surface area (Å²) in [6.07, 6.45) is 5.71. The van der Waals surface area contributed by atoms with E-state index in [4.69, 9.17) is 14.2 Å². The molecule has 0 aromatic heterocycles. The lowest BCUT2D eigenvalue weighted by Crippen LogP contribution is -2.47. The molecule has 1 aromatic rings. The number of hydrogen-bond donors (Lipinski definition) is 1. The van der Waals surface area contributed by atoms with E-state index in [1.165, 1.54) is 0 Å². The highest BCUT2D eigenvalue weighted by atomic mass is 16.7. The van der Waals surface area contributed by atoms with Crippen LogP contribution in [0.15, 0.2) is 18.2 Å². The van der Waals surface area contributed by atoms with Gasteiger partial charge in [-0.15, -0.1) is 0 Å². The van der Waals surface area contributed by atoms with Crippen LogP contribution in [0.25, 0.3) is 0 Å². The second-order valence-electron chi connectivity index (χ2n) is 8.58. The lowest BCUT2D eigenvalue weighted by atomic mass is 9.88. The first-order valence-corrected chi connectivity index (χ1v) is 10.6. The van der Waals surface area contributed by atoms with Crippen molar-refractivity contribution >= 4 is 5.91 Å². The fraction of sp³-hybridized carbons (Fsp3) is 0.682. The third-order valence-corrected chi connectivity index (χ3v) is 6.38. The monoisotopic (exact) mass is 388 g/mol. The summed E-state index contributed by atoms with van der Waals surface area (Å²) < 4.78 is 17.1. The number of hydrogen-bond acceptors (Lipinski definition) is 5. The van der Waals surface area contributed by atoms with Gasteiger partial charge in [-0.05, 0) is 63.6 Å². The average molecular weight is 389 g/mol. The van der Waals surface area contributed by atoms with E-state index >= 15 is 0 Å². The van der Waals surface area contributed by atoms with Crippen molar-refractivity contribution in [2.45, 2.75) is 70.1 Å². The standard InChI is InChI=1S/C22H32N2O4/c1-16(2)24-11-9-22(10-12-24)8-7-18(28-22)14-23-21(25)6-4-17-3-5-19-20(13-17)27-15-26-19/h3,5,13,16,18H,4,6-12,14-15H2,1-2H3,(H,23,25). The summed E-state index contributed by atoms with van der Waals surface area (Å²) in [5.74, 6) is 1.63. The number of rotatable bonds is 6. The second-order valence-corrected chi connectivity index (χ2v) is 8.58. The van der Waals surface area contributed by atoms with E-state index in [0.29, 0.717) is 25.4 Å². The van der Waals surface area contributed by atoms with E-state index in [1.807, 2.05) is 18.2 Å². The summed E-state index contributed by atoms with van der Waals surface area (Å²) in [6.45, 7) is 7.65. The van der Waals surface area contributed by atoms with Crippen molar-refractivity contribution in [1.29, 1.82) is 0 Å². The Balaban J connectivity index is 1.18. The first-order chi connectivity index (χ1) is 13.5. The Morgan fingerprint density at radius 3 is 2.79 bits per heavy atom. The van der Waals surface area contributed by atoms with Crippen LogP contribution in [0.3, 0.4) is 0 Å². The largest absolute Gasteiger partial charge is 0.454 e. The van der Waals surface area contributed by atoms with E-state index in [1.54, 1.807) is 0 Å². The van der Waals surface area contributed by atoms with E-state index in [0.717, 1.165) is 55.8 Å². The van der Waals surface area contributed by atoms with Gasteiger partial charge in [0.25, 0.3) is 0 Å². The molecule has 154 valence electrons. The van der Waals surface area contributed by atoms with Gasteiger partial charge in [0.2, 0.25) is 12.7 Å². The number of amides is 1. The van der Waals surface area contributed by atoms with E-state index in [-0.39, 0.29) is 24.4 Å². The predicted octanol–water partition coefficient (Wildman–Crippen LogP) is 2.89. The van der Waals surface area contributed by atoms with Gasteiger partial charge in [0.15, 0.2) is 11.5 Å². The van der Waals surface area contributed by atoms with Crippen LogP contribution in [-0.2, 0) is 16.0 Å². The van der Waals surface area contributed by atoms with Gasteiger partial charge in [0, 0.05) is 32.1 Å². The van der Waals surface area contributed by atoms with Crippen molar-refractivity contribution in [2.24, 2.45) is 0 Å². The number of nitrogens with zero attached hydrogens (tertiary/aromatic N) is 1. The summed E-state index contributed by atoms with van der Waals surface area (Å²) in [7, 11) is 0. The predicted molar refractivity (Wildman–Crippen MR) is 107 cm³/mol. The fourth-order valence-corrected chi connectivity index (χ4v) is 4.53. The van der Waals surface area contributed by atoms with E-state index in [2.05, 4.69) is 24.1 Å². The van der Waals surface area contributed by atoms with E-state index in [9.17, 15) is 4.79 Å². The van der Waals surface area contributed by atoms with Crippen LogP contribution in [0.2, 0.25) is 0 Å². The fourth-order valence-electron chi connectivity index (χ4n) is 4.53. The van der Waals surface area contributed by atoms with Crippen molar-refractivity contribution in [2.75, 3.05) is 26.4 Å². The third kappa shape index (κ3) is 4.44. The molecule has 6 heteroatoms. The maximum absolute atomic E-state index is 12.3. The lowest BCUT2D eigenvalue weighted by Gasteiger charge is -2.40. The number of piperidine rings is 1. The quantitative estimate of drug-likeness (QED) is 0.812. The van der Waals surface area contributed by atoms with E-state index < -0.39 is 0 Å². The number of aryl methyl sites for hydroxylation is 1. The van der Waals surface area contributed by atoms with Crippen LogP contribution >= 0.6 is 0 Å². The molecular weight excluding hydrogens is 356 g/mol. The Labute approximate surface area is 167 Å². The lowest BCUT2D eigenvalue weighted by molar-refractivity contribution is -0.122. The summed E-state index contributed by atoms with van der Waals surface area (Å²) in [5.41, 5.74) is 1.14. The SMILES string of the molecule is CC(C)N1CCC2(CCC(CNC(=O)CCc3ccc4c(c3)OCO4)O2)CC1. The van der Waals surface area contributed by atoms with Crippen LogP contribution in [0, 0.1) is 0 Å². The topological polar surface area (TPSA) is 60.0 Å². The molecule has 2 saturated heterocycles. The molecule has 0 bridgehead atoms. The molecule has 0 radical (unpaired) electrons. The zero-order valence-electron chi connectivity index (χ0n) is 17.0. The molecule has 3 aliphatic rings. The molecule has 6 nitrogen and oxygen atoms in total. The molecule has 1 spiro atoms. The maximum Gasteiger partial charge on any atom is 0.231 e. The Morgan fingerprint density at radius 2 is 2.00 bits per heavy atom. The zero-order valence-corrected chi connectivity index (χ0v) is 17.0. The highest BCUT2D eigenvalue weighted by Crippen LogP contribution is 2.39. The number of fused-ring (bicyclic) bond motifs is 1. The molecule has 1 atom stereocenters. The van der Waals surface area contributed by atoms with Gasteiger partial charge in [0.1, 0.15) is 0 Å². The number of carbonyl (C=O) groups excluding carboxylic acids is 1. The highest BCUT2D eigenvalue weighted by molar-refractivity contribution is 5.76. The molecule has 0 saturated carbocycles. The summed E-state index contributed by atoms with van der Waals surface area (Å²) in [5, 5.41) is 3.07. The Kier molecular flexibility index (Phi) is 5.78. The smallest absolute Gasteiger partial charge is 0.231 e. The molecule has 2 fully saturated rings. The Morgan fingerprint density at radius 1 is 1.21 bits per heavy atom. The van der Waals surface area contributed by atoms with Crippen molar-refractivity contribution in [3.05, 3.63) is 23.8 Å². The van der Waals surface area contributed by atoms with Crippen LogP contribution in [-0.4, -0.2) is 55.0 Å². The Bertz CT molecular complexity index is 698. The molecule has 3 heterocycles. The zero-order chi connectivity index (χ0) is 19.6. The van der Waals surface area contributed by atoms with Gasteiger partial charge < -0.3 is 24.4 Å². The van der Waals surface area contributed by atoms with Crippen LogP contribution < -0.4 is 14.8 Å². The molecule has 3 aliphatic heterocycles. The number of nitrogens with one attached hydrogen (secondary N) is 1. The first kappa shape index (κ1) is 19.5. The van der Waals surface area contributed by atoms with Gasteiger partial charge in [-0.3, -0.25) is 4.79 Å². The minimum Gasteiger partial charge on any atom is -0.454 e.